The third kappa shape index (κ3) is 4.60. The number of nitrogens with zero attached hydrogens (tertiary/aromatic N) is 2. The van der Waals surface area contributed by atoms with Crippen LogP contribution in [0.2, 0.25) is 0 Å². The van der Waals surface area contributed by atoms with Gasteiger partial charge in [-0.2, -0.15) is 0 Å². The summed E-state index contributed by atoms with van der Waals surface area (Å²) in [5.41, 5.74) is 4.11. The Kier molecular flexibility index (Phi) is 5.84. The number of aromatic nitrogens is 2. The highest BCUT2D eigenvalue weighted by Crippen LogP contribution is 2.17. The third-order valence-electron chi connectivity index (χ3n) is 4.53. The second-order valence-corrected chi connectivity index (χ2v) is 6.65. The van der Waals surface area contributed by atoms with Crippen molar-refractivity contribution in [1.29, 1.82) is 0 Å². The van der Waals surface area contributed by atoms with Crippen LogP contribution in [0.25, 0.3) is 0 Å². The number of rotatable bonds is 7. The van der Waals surface area contributed by atoms with E-state index in [1.165, 1.54) is 5.56 Å². The van der Waals surface area contributed by atoms with Gasteiger partial charge >= 0.3 is 0 Å². The number of pyridine rings is 1. The number of hydrogen-bond donors (Lipinski definition) is 1. The number of benzene rings is 1. The predicted octanol–water partition coefficient (Wildman–Crippen LogP) is 3.97. The van der Waals surface area contributed by atoms with Crippen LogP contribution in [0.1, 0.15) is 40.3 Å². The lowest BCUT2D eigenvalue weighted by molar-refractivity contribution is 0.0943. The first kappa shape index (κ1) is 17.9. The van der Waals surface area contributed by atoms with E-state index in [1.54, 1.807) is 0 Å². The Bertz CT molecular complexity index is 837. The summed E-state index contributed by atoms with van der Waals surface area (Å²) in [4.78, 5) is 16.9. The molecule has 1 N–H and O–H groups in total. The second kappa shape index (κ2) is 8.48. The van der Waals surface area contributed by atoms with Crippen LogP contribution in [0.5, 0.6) is 0 Å². The van der Waals surface area contributed by atoms with Crippen molar-refractivity contribution < 1.29 is 4.79 Å². The monoisotopic (exact) mass is 347 g/mol. The number of carbonyl (C=O) groups is 1. The minimum atomic E-state index is -0.0324. The maximum absolute atomic E-state index is 12.6. The van der Waals surface area contributed by atoms with Crippen molar-refractivity contribution in [2.24, 2.45) is 0 Å². The number of aryl methyl sites for hydroxylation is 1. The molecule has 0 spiro atoms. The summed E-state index contributed by atoms with van der Waals surface area (Å²) in [6.45, 7) is 4.71. The third-order valence-corrected chi connectivity index (χ3v) is 4.53. The van der Waals surface area contributed by atoms with E-state index in [9.17, 15) is 4.79 Å². The predicted molar refractivity (Wildman–Crippen MR) is 104 cm³/mol. The van der Waals surface area contributed by atoms with Crippen LogP contribution in [0.15, 0.2) is 67.0 Å². The van der Waals surface area contributed by atoms with Crippen molar-refractivity contribution in [2.45, 2.75) is 32.7 Å². The van der Waals surface area contributed by atoms with Gasteiger partial charge in [0.15, 0.2) is 0 Å². The standard InChI is InChI=1S/C22H25N3O/c1-17-10-11-20(16-24-17)12-13-23-22(26)21-9-6-14-25(21)18(2)15-19-7-4-3-5-8-19/h3-11,14,16,18H,12-13,15H2,1-2H3,(H,23,26)/t18-/m1/s1. The second-order valence-electron chi connectivity index (χ2n) is 6.65. The van der Waals surface area contributed by atoms with Crippen LogP contribution in [-0.2, 0) is 12.8 Å². The van der Waals surface area contributed by atoms with Gasteiger partial charge < -0.3 is 9.88 Å². The molecule has 3 rings (SSSR count). The van der Waals surface area contributed by atoms with E-state index in [-0.39, 0.29) is 11.9 Å². The molecule has 0 aliphatic heterocycles. The van der Waals surface area contributed by atoms with Crippen molar-refractivity contribution in [1.82, 2.24) is 14.9 Å². The van der Waals surface area contributed by atoms with E-state index >= 15 is 0 Å². The van der Waals surface area contributed by atoms with Gasteiger partial charge in [0.25, 0.3) is 5.91 Å². The van der Waals surface area contributed by atoms with Gasteiger partial charge in [0.1, 0.15) is 5.69 Å². The molecule has 0 bridgehead atoms. The van der Waals surface area contributed by atoms with Gasteiger partial charge in [0.05, 0.1) is 0 Å². The topological polar surface area (TPSA) is 46.9 Å². The molecular weight excluding hydrogens is 322 g/mol. The maximum atomic E-state index is 12.6. The summed E-state index contributed by atoms with van der Waals surface area (Å²) in [5, 5.41) is 3.02. The van der Waals surface area contributed by atoms with Crippen LogP contribution in [-0.4, -0.2) is 22.0 Å². The lowest BCUT2D eigenvalue weighted by Crippen LogP contribution is -2.28. The van der Waals surface area contributed by atoms with Gasteiger partial charge in [0.2, 0.25) is 0 Å². The lowest BCUT2D eigenvalue weighted by atomic mass is 10.1. The van der Waals surface area contributed by atoms with Gasteiger partial charge in [0, 0.05) is 30.7 Å². The molecule has 26 heavy (non-hydrogen) atoms. The van der Waals surface area contributed by atoms with E-state index in [0.717, 1.165) is 24.1 Å². The molecule has 1 atom stereocenters. The molecule has 4 heteroatoms. The van der Waals surface area contributed by atoms with E-state index in [4.69, 9.17) is 0 Å². The Morgan fingerprint density at radius 3 is 2.62 bits per heavy atom. The molecule has 1 amide bonds. The van der Waals surface area contributed by atoms with Gasteiger partial charge in [-0.15, -0.1) is 0 Å². The van der Waals surface area contributed by atoms with Crippen molar-refractivity contribution in [3.8, 4) is 0 Å². The Morgan fingerprint density at radius 1 is 1.08 bits per heavy atom. The van der Waals surface area contributed by atoms with Crippen molar-refractivity contribution in [2.75, 3.05) is 6.54 Å². The summed E-state index contributed by atoms with van der Waals surface area (Å²) in [5.74, 6) is -0.0324. The molecule has 4 nitrogen and oxygen atoms in total. The number of carbonyl (C=O) groups excluding carboxylic acids is 1. The first-order valence-corrected chi connectivity index (χ1v) is 9.04. The fraction of sp³-hybridized carbons (Fsp3) is 0.273. The smallest absolute Gasteiger partial charge is 0.267 e. The highest BCUT2D eigenvalue weighted by atomic mass is 16.1. The normalized spacial score (nSPS) is 11.9. The SMILES string of the molecule is Cc1ccc(CCNC(=O)c2cccn2[C@H](C)Cc2ccccc2)cn1. The molecule has 0 aliphatic carbocycles. The van der Waals surface area contributed by atoms with Crippen molar-refractivity contribution >= 4 is 5.91 Å². The summed E-state index contributed by atoms with van der Waals surface area (Å²) in [6.07, 6.45) is 5.52. The van der Waals surface area contributed by atoms with Crippen molar-refractivity contribution in [3.63, 3.8) is 0 Å². The fourth-order valence-corrected chi connectivity index (χ4v) is 3.08. The molecule has 0 aliphatic rings. The molecule has 1 aromatic carbocycles. The van der Waals surface area contributed by atoms with Crippen molar-refractivity contribution in [3.05, 3.63) is 89.5 Å². The number of hydrogen-bond acceptors (Lipinski definition) is 2. The van der Waals surface area contributed by atoms with Crippen LogP contribution in [0.3, 0.4) is 0 Å². The Hall–Kier alpha value is -2.88. The molecule has 0 fully saturated rings. The maximum Gasteiger partial charge on any atom is 0.267 e. The van der Waals surface area contributed by atoms with Gasteiger partial charge in [-0.1, -0.05) is 36.4 Å². The van der Waals surface area contributed by atoms with E-state index < -0.39 is 0 Å². The minimum Gasteiger partial charge on any atom is -0.350 e. The van der Waals surface area contributed by atoms with E-state index in [1.807, 2.05) is 55.7 Å². The van der Waals surface area contributed by atoms with Crippen LogP contribution >= 0.6 is 0 Å². The molecular formula is C22H25N3O. The lowest BCUT2D eigenvalue weighted by Gasteiger charge is -2.17. The minimum absolute atomic E-state index is 0.0324. The highest BCUT2D eigenvalue weighted by Gasteiger charge is 2.15. The first-order chi connectivity index (χ1) is 12.6. The van der Waals surface area contributed by atoms with Crippen LogP contribution < -0.4 is 5.32 Å². The molecule has 2 aromatic heterocycles. The number of nitrogens with one attached hydrogen (secondary N) is 1. The molecule has 0 unspecified atom stereocenters. The zero-order valence-electron chi connectivity index (χ0n) is 15.4. The average Bonchev–Trinajstić information content (AvgIpc) is 3.14. The molecule has 134 valence electrons. The largest absolute Gasteiger partial charge is 0.350 e. The van der Waals surface area contributed by atoms with Crippen LogP contribution in [0.4, 0.5) is 0 Å². The summed E-state index contributed by atoms with van der Waals surface area (Å²) < 4.78 is 2.05. The summed E-state index contributed by atoms with van der Waals surface area (Å²) in [6, 6.07) is 18.4. The van der Waals surface area contributed by atoms with Gasteiger partial charge in [-0.3, -0.25) is 9.78 Å². The average molecular weight is 347 g/mol. The highest BCUT2D eigenvalue weighted by molar-refractivity contribution is 5.92. The number of amides is 1. The Morgan fingerprint density at radius 2 is 1.88 bits per heavy atom. The first-order valence-electron chi connectivity index (χ1n) is 9.04. The summed E-state index contributed by atoms with van der Waals surface area (Å²) in [7, 11) is 0. The van der Waals surface area contributed by atoms with E-state index in [0.29, 0.717) is 12.2 Å². The fourth-order valence-electron chi connectivity index (χ4n) is 3.08. The Labute approximate surface area is 154 Å². The molecule has 0 radical (unpaired) electrons. The zero-order chi connectivity index (χ0) is 18.4. The zero-order valence-corrected chi connectivity index (χ0v) is 15.4. The Balaban J connectivity index is 1.58. The molecule has 2 heterocycles. The summed E-state index contributed by atoms with van der Waals surface area (Å²) >= 11 is 0. The van der Waals surface area contributed by atoms with Gasteiger partial charge in [-0.05, 0) is 56.0 Å². The molecule has 3 aromatic rings. The quantitative estimate of drug-likeness (QED) is 0.703. The molecule has 0 saturated heterocycles. The van der Waals surface area contributed by atoms with E-state index in [2.05, 4.69) is 40.0 Å². The van der Waals surface area contributed by atoms with Crippen LogP contribution in [0, 0.1) is 6.92 Å². The molecule has 0 saturated carbocycles. The van der Waals surface area contributed by atoms with Gasteiger partial charge in [-0.25, -0.2) is 0 Å².